The van der Waals surface area contributed by atoms with Crippen molar-refractivity contribution in [2.75, 3.05) is 0 Å². The molecule has 0 aliphatic heterocycles. The number of hydrogen-bond donors (Lipinski definition) is 2. The van der Waals surface area contributed by atoms with Gasteiger partial charge in [-0.2, -0.15) is 0 Å². The highest BCUT2D eigenvalue weighted by molar-refractivity contribution is 5.74. The van der Waals surface area contributed by atoms with Crippen LogP contribution in [0, 0.1) is 5.92 Å². The van der Waals surface area contributed by atoms with Crippen LogP contribution in [0.25, 0.3) is 0 Å². The minimum atomic E-state index is -1.02. The fraction of sp³-hybridized carbons (Fsp3) is 0.409. The number of rotatable bonds is 7. The van der Waals surface area contributed by atoms with Crippen LogP contribution in [0.15, 0.2) is 60.7 Å². The van der Waals surface area contributed by atoms with Crippen molar-refractivity contribution in [3.8, 4) is 0 Å². The summed E-state index contributed by atoms with van der Waals surface area (Å²) in [6.45, 7) is 6.91. The molecule has 2 rings (SSSR count). The maximum Gasteiger partial charge on any atom is 0.311 e. The van der Waals surface area contributed by atoms with Crippen LogP contribution in [-0.2, 0) is 9.53 Å². The summed E-state index contributed by atoms with van der Waals surface area (Å²) in [5.41, 5.74) is 6.18. The lowest BCUT2D eigenvalue weighted by atomic mass is 9.80. The van der Waals surface area contributed by atoms with E-state index in [1.807, 2.05) is 60.7 Å². The predicted molar refractivity (Wildman–Crippen MR) is 103 cm³/mol. The van der Waals surface area contributed by atoms with Gasteiger partial charge in [-0.1, -0.05) is 60.7 Å². The van der Waals surface area contributed by atoms with Gasteiger partial charge in [0.05, 0.1) is 11.5 Å². The number of carbonyl (C=O) groups is 1. The first-order valence-electron chi connectivity index (χ1n) is 8.89. The molecule has 0 fully saturated rings. The average molecular weight is 355 g/mol. The first kappa shape index (κ1) is 20.1. The number of aliphatic hydroxyl groups is 1. The van der Waals surface area contributed by atoms with E-state index < -0.39 is 29.1 Å². The van der Waals surface area contributed by atoms with Crippen LogP contribution in [0.3, 0.4) is 0 Å². The van der Waals surface area contributed by atoms with Gasteiger partial charge in [-0.3, -0.25) is 4.79 Å². The largest absolute Gasteiger partial charge is 0.452 e. The quantitative estimate of drug-likeness (QED) is 0.740. The maximum atomic E-state index is 13.0. The van der Waals surface area contributed by atoms with E-state index in [4.69, 9.17) is 10.5 Å². The topological polar surface area (TPSA) is 72.5 Å². The lowest BCUT2D eigenvalue weighted by molar-refractivity contribution is -0.157. The molecule has 4 nitrogen and oxygen atoms in total. The summed E-state index contributed by atoms with van der Waals surface area (Å²) in [6.07, 6.45) is -0.289. The molecule has 26 heavy (non-hydrogen) atoms. The number of benzene rings is 2. The van der Waals surface area contributed by atoms with Gasteiger partial charge in [-0.25, -0.2) is 0 Å². The van der Waals surface area contributed by atoms with Gasteiger partial charge in [0.15, 0.2) is 6.10 Å². The Kier molecular flexibility index (Phi) is 6.21. The smallest absolute Gasteiger partial charge is 0.311 e. The second-order valence-electron chi connectivity index (χ2n) is 8.03. The molecule has 0 radical (unpaired) electrons. The first-order chi connectivity index (χ1) is 12.1. The molecule has 0 saturated heterocycles. The molecule has 0 unspecified atom stereocenters. The van der Waals surface area contributed by atoms with Gasteiger partial charge < -0.3 is 15.6 Å². The second kappa shape index (κ2) is 8.02. The monoisotopic (exact) mass is 355 g/mol. The molecule has 0 aliphatic carbocycles. The van der Waals surface area contributed by atoms with E-state index in [1.54, 1.807) is 27.7 Å². The van der Waals surface area contributed by atoms with E-state index in [1.165, 1.54) is 0 Å². The van der Waals surface area contributed by atoms with Gasteiger partial charge in [0.25, 0.3) is 0 Å². The maximum absolute atomic E-state index is 13.0. The zero-order valence-corrected chi connectivity index (χ0v) is 16.0. The number of nitrogens with two attached hydrogens (primary N) is 1. The van der Waals surface area contributed by atoms with Crippen LogP contribution in [0.5, 0.6) is 0 Å². The highest BCUT2D eigenvalue weighted by Crippen LogP contribution is 2.31. The fourth-order valence-corrected chi connectivity index (χ4v) is 2.93. The third-order valence-electron chi connectivity index (χ3n) is 4.32. The summed E-state index contributed by atoms with van der Waals surface area (Å²) < 4.78 is 5.93. The van der Waals surface area contributed by atoms with Crippen LogP contribution >= 0.6 is 0 Å². The van der Waals surface area contributed by atoms with Crippen molar-refractivity contribution in [1.29, 1.82) is 0 Å². The molecule has 0 spiro atoms. The Hall–Kier alpha value is -2.17. The average Bonchev–Trinajstić information content (AvgIpc) is 2.57. The van der Waals surface area contributed by atoms with E-state index in [9.17, 15) is 9.90 Å². The Morgan fingerprint density at radius 2 is 1.38 bits per heavy atom. The van der Waals surface area contributed by atoms with E-state index in [2.05, 4.69) is 0 Å². The van der Waals surface area contributed by atoms with Crippen LogP contribution in [0.4, 0.5) is 0 Å². The highest BCUT2D eigenvalue weighted by atomic mass is 16.5. The summed E-state index contributed by atoms with van der Waals surface area (Å²) in [6, 6.07) is 19.3. The summed E-state index contributed by atoms with van der Waals surface area (Å²) >= 11 is 0. The Morgan fingerprint density at radius 1 is 0.962 bits per heavy atom. The van der Waals surface area contributed by atoms with Crippen molar-refractivity contribution in [3.05, 3.63) is 71.8 Å². The van der Waals surface area contributed by atoms with Crippen molar-refractivity contribution in [3.63, 3.8) is 0 Å². The summed E-state index contributed by atoms with van der Waals surface area (Å²) in [7, 11) is 0. The molecule has 0 aliphatic rings. The SMILES string of the molecule is CC(C)(O)C[C@H](C(=O)OC(c1ccccc1)c1ccccc1)C(C)(C)N. The molecular weight excluding hydrogens is 326 g/mol. The van der Waals surface area contributed by atoms with E-state index in [-0.39, 0.29) is 6.42 Å². The van der Waals surface area contributed by atoms with E-state index in [0.717, 1.165) is 11.1 Å². The van der Waals surface area contributed by atoms with Gasteiger partial charge in [0.1, 0.15) is 0 Å². The van der Waals surface area contributed by atoms with Gasteiger partial charge in [-0.05, 0) is 45.2 Å². The standard InChI is InChI=1S/C22H29NO3/c1-21(2,25)15-18(22(3,4)23)20(24)26-19(16-11-7-5-8-12-16)17-13-9-6-10-14-17/h5-14,18-19,25H,15,23H2,1-4H3/t18-/m1/s1. The Morgan fingerprint density at radius 3 is 1.73 bits per heavy atom. The molecular formula is C22H29NO3. The highest BCUT2D eigenvalue weighted by Gasteiger charge is 2.38. The molecule has 1 atom stereocenters. The number of carbonyl (C=O) groups excluding carboxylic acids is 1. The molecule has 3 N–H and O–H groups in total. The third-order valence-corrected chi connectivity index (χ3v) is 4.32. The molecule has 0 saturated carbocycles. The molecule has 2 aromatic carbocycles. The van der Waals surface area contributed by atoms with Crippen LogP contribution in [0.1, 0.15) is 51.3 Å². The van der Waals surface area contributed by atoms with Gasteiger partial charge >= 0.3 is 5.97 Å². The zero-order valence-electron chi connectivity index (χ0n) is 16.0. The normalized spacial score (nSPS) is 13.5. The van der Waals surface area contributed by atoms with Crippen molar-refractivity contribution < 1.29 is 14.6 Å². The zero-order chi connectivity index (χ0) is 19.4. The summed E-state index contributed by atoms with van der Waals surface area (Å²) in [4.78, 5) is 13.0. The number of ether oxygens (including phenoxy) is 1. The van der Waals surface area contributed by atoms with E-state index >= 15 is 0 Å². The molecule has 0 aromatic heterocycles. The minimum absolute atomic E-state index is 0.228. The number of esters is 1. The van der Waals surface area contributed by atoms with Gasteiger partial charge in [0.2, 0.25) is 0 Å². The van der Waals surface area contributed by atoms with Gasteiger partial charge in [0, 0.05) is 5.54 Å². The van der Waals surface area contributed by atoms with Crippen molar-refractivity contribution in [2.24, 2.45) is 11.7 Å². The van der Waals surface area contributed by atoms with Gasteiger partial charge in [-0.15, -0.1) is 0 Å². The lowest BCUT2D eigenvalue weighted by Gasteiger charge is -2.34. The van der Waals surface area contributed by atoms with Crippen LogP contribution in [0.2, 0.25) is 0 Å². The third kappa shape index (κ3) is 5.68. The molecule has 4 heteroatoms. The van der Waals surface area contributed by atoms with Crippen LogP contribution in [-0.4, -0.2) is 22.2 Å². The number of hydrogen-bond acceptors (Lipinski definition) is 4. The van der Waals surface area contributed by atoms with Crippen molar-refractivity contribution >= 4 is 5.97 Å². The summed E-state index contributed by atoms with van der Waals surface area (Å²) in [5.74, 6) is -1.03. The molecule has 140 valence electrons. The lowest BCUT2D eigenvalue weighted by Crippen LogP contribution is -2.48. The molecule has 2 aromatic rings. The first-order valence-corrected chi connectivity index (χ1v) is 8.89. The van der Waals surface area contributed by atoms with Crippen molar-refractivity contribution in [1.82, 2.24) is 0 Å². The molecule has 0 heterocycles. The minimum Gasteiger partial charge on any atom is -0.452 e. The van der Waals surface area contributed by atoms with E-state index in [0.29, 0.717) is 0 Å². The predicted octanol–water partition coefficient (Wildman–Crippen LogP) is 3.83. The van der Waals surface area contributed by atoms with Crippen LogP contribution < -0.4 is 5.73 Å². The molecule has 0 amide bonds. The Balaban J connectivity index is 2.33. The Labute approximate surface area is 156 Å². The van der Waals surface area contributed by atoms with Crippen molar-refractivity contribution in [2.45, 2.75) is 51.4 Å². The Bertz CT molecular complexity index is 660. The second-order valence-corrected chi connectivity index (χ2v) is 8.03. The molecule has 0 bridgehead atoms. The fourth-order valence-electron chi connectivity index (χ4n) is 2.93. The summed E-state index contributed by atoms with van der Waals surface area (Å²) in [5, 5.41) is 10.2.